The van der Waals surface area contributed by atoms with E-state index < -0.39 is 0 Å². The molecule has 4 heterocycles. The number of aliphatic imine (C=N–C) groups is 1. The Balaban J connectivity index is 1.18. The molecule has 3 aromatic heterocycles. The molecule has 8 rings (SSSR count). The molecule has 1 aliphatic heterocycles. The third kappa shape index (κ3) is 3.45. The van der Waals surface area contributed by atoms with Crippen LogP contribution in [0.15, 0.2) is 102 Å². The third-order valence-corrected chi connectivity index (χ3v) is 8.98. The van der Waals surface area contributed by atoms with Crippen molar-refractivity contribution in [2.45, 2.75) is 31.2 Å². The molecule has 0 saturated carbocycles. The van der Waals surface area contributed by atoms with E-state index in [9.17, 15) is 0 Å². The van der Waals surface area contributed by atoms with E-state index in [4.69, 9.17) is 15.0 Å². The Kier molecular flexibility index (Phi) is 5.02. The molecule has 4 unspecified atom stereocenters. The van der Waals surface area contributed by atoms with Crippen LogP contribution in [0.1, 0.15) is 53.8 Å². The summed E-state index contributed by atoms with van der Waals surface area (Å²) in [5, 5.41) is 2.21. The molecule has 0 fully saturated rings. The second-order valence-corrected chi connectivity index (χ2v) is 11.3. The van der Waals surface area contributed by atoms with Crippen LogP contribution in [0, 0.1) is 5.92 Å². The lowest BCUT2D eigenvalue weighted by atomic mass is 9.74. The van der Waals surface area contributed by atoms with Crippen molar-refractivity contribution < 1.29 is 0 Å². The minimum absolute atomic E-state index is 0.182. The zero-order valence-corrected chi connectivity index (χ0v) is 22.5. The first-order chi connectivity index (χ1) is 19.6. The maximum Gasteiger partial charge on any atom is 0.110 e. The summed E-state index contributed by atoms with van der Waals surface area (Å²) in [6.07, 6.45) is 17.0. The zero-order chi connectivity index (χ0) is 26.8. The van der Waals surface area contributed by atoms with Crippen molar-refractivity contribution in [1.29, 1.82) is 0 Å². The van der Waals surface area contributed by atoms with Crippen molar-refractivity contribution >= 4 is 40.2 Å². The maximum atomic E-state index is 5.29. The highest BCUT2D eigenvalue weighted by Gasteiger charge is 2.39. The van der Waals surface area contributed by atoms with E-state index in [2.05, 4.69) is 110 Å². The van der Waals surface area contributed by atoms with Gasteiger partial charge < -0.3 is 0 Å². The number of aromatic nitrogens is 3. The van der Waals surface area contributed by atoms with Gasteiger partial charge in [0, 0.05) is 46.3 Å². The number of hydrogen-bond acceptors (Lipinski definition) is 4. The Morgan fingerprint density at radius 1 is 0.775 bits per heavy atom. The summed E-state index contributed by atoms with van der Waals surface area (Å²) in [7, 11) is 0. The fourth-order valence-corrected chi connectivity index (χ4v) is 6.62. The second kappa shape index (κ2) is 8.65. The lowest BCUT2D eigenvalue weighted by Gasteiger charge is -2.36. The van der Waals surface area contributed by atoms with Crippen molar-refractivity contribution in [2.75, 3.05) is 0 Å². The molecule has 0 saturated heterocycles. The smallest absolute Gasteiger partial charge is 0.110 e. The summed E-state index contributed by atoms with van der Waals surface area (Å²) in [5.74, 6) is 0.685. The van der Waals surface area contributed by atoms with Gasteiger partial charge in [-0.3, -0.25) is 15.0 Å². The van der Waals surface area contributed by atoms with Gasteiger partial charge in [0.15, 0.2) is 0 Å². The molecule has 2 aliphatic carbocycles. The van der Waals surface area contributed by atoms with E-state index in [1.165, 1.54) is 11.1 Å². The van der Waals surface area contributed by atoms with Crippen LogP contribution in [0.4, 0.5) is 0 Å². The van der Waals surface area contributed by atoms with Gasteiger partial charge >= 0.3 is 0 Å². The van der Waals surface area contributed by atoms with Crippen molar-refractivity contribution in [3.8, 4) is 11.3 Å². The number of benzene rings is 2. The molecule has 0 N–H and O–H groups in total. The van der Waals surface area contributed by atoms with Crippen LogP contribution in [0.3, 0.4) is 0 Å². The average molecular weight is 517 g/mol. The average Bonchev–Trinajstić information content (AvgIpc) is 3.00. The Morgan fingerprint density at radius 2 is 1.60 bits per heavy atom. The predicted octanol–water partition coefficient (Wildman–Crippen LogP) is 8.26. The normalized spacial score (nSPS) is 24.2. The highest BCUT2D eigenvalue weighted by molar-refractivity contribution is 6.03. The van der Waals surface area contributed by atoms with Gasteiger partial charge in [0.25, 0.3) is 0 Å². The number of allylic oxidation sites excluding steroid dienone is 2. The summed E-state index contributed by atoms with van der Waals surface area (Å²) < 4.78 is 0. The number of fused-ring (bicyclic) bond motifs is 7. The largest absolute Gasteiger partial charge is 0.279 e. The number of nitrogens with zero attached hydrogens (tertiary/aromatic N) is 4. The van der Waals surface area contributed by atoms with Gasteiger partial charge in [0.2, 0.25) is 0 Å². The zero-order valence-electron chi connectivity index (χ0n) is 22.5. The van der Waals surface area contributed by atoms with E-state index in [0.29, 0.717) is 0 Å². The van der Waals surface area contributed by atoms with Gasteiger partial charge in [0.05, 0.1) is 22.4 Å². The maximum absolute atomic E-state index is 5.29. The van der Waals surface area contributed by atoms with E-state index in [1.54, 1.807) is 0 Å². The van der Waals surface area contributed by atoms with Crippen molar-refractivity contribution in [3.63, 3.8) is 0 Å². The van der Waals surface area contributed by atoms with E-state index in [1.807, 2.05) is 24.6 Å². The fourth-order valence-electron chi connectivity index (χ4n) is 6.62. The molecule has 5 aromatic rings. The Hall–Kier alpha value is -4.70. The summed E-state index contributed by atoms with van der Waals surface area (Å²) in [4.78, 5) is 19.9. The number of dihydropyridines is 1. The van der Waals surface area contributed by atoms with Crippen molar-refractivity contribution in [1.82, 2.24) is 15.0 Å². The minimum Gasteiger partial charge on any atom is -0.279 e. The van der Waals surface area contributed by atoms with E-state index in [-0.39, 0.29) is 23.3 Å². The molecule has 0 amide bonds. The molecule has 40 heavy (non-hydrogen) atoms. The predicted molar refractivity (Wildman–Crippen MR) is 164 cm³/mol. The summed E-state index contributed by atoms with van der Waals surface area (Å²) >= 11 is 0. The highest BCUT2D eigenvalue weighted by Crippen LogP contribution is 2.45. The standard InChI is InChI=1S/C36H28N4/c1-22-29(32-18-14-26-11-15-28-6-4-20-38-36(28,2)35(26)40-32)16-12-23-7-10-27(21-30(22)23)31-17-13-25-9-8-24-5-3-19-37-33(24)34(25)39-31/h3-22,28-29H,1-2H3. The summed E-state index contributed by atoms with van der Waals surface area (Å²) in [6.45, 7) is 4.52. The van der Waals surface area contributed by atoms with Crippen molar-refractivity contribution in [3.05, 3.63) is 125 Å². The van der Waals surface area contributed by atoms with Crippen LogP contribution in [-0.2, 0) is 5.54 Å². The van der Waals surface area contributed by atoms with Crippen LogP contribution in [-0.4, -0.2) is 21.2 Å². The summed E-state index contributed by atoms with van der Waals surface area (Å²) in [6, 6.07) is 23.7. The van der Waals surface area contributed by atoms with Gasteiger partial charge in [-0.05, 0) is 59.9 Å². The SMILES string of the molecule is CC1c2cc(-c3ccc4ccc5cccnc5c4n3)ccc2C=CC1c1ccc2c(n1)C1(C)N=CC=CC1C=C2. The first-order valence-electron chi connectivity index (χ1n) is 14.0. The minimum atomic E-state index is -0.359. The van der Waals surface area contributed by atoms with Gasteiger partial charge in [0.1, 0.15) is 5.54 Å². The molecule has 4 nitrogen and oxygen atoms in total. The topological polar surface area (TPSA) is 51.0 Å². The van der Waals surface area contributed by atoms with Gasteiger partial charge in [-0.2, -0.15) is 0 Å². The monoisotopic (exact) mass is 516 g/mol. The Bertz CT molecular complexity index is 1960. The number of hydrogen-bond donors (Lipinski definition) is 0. The molecule has 4 atom stereocenters. The number of rotatable bonds is 2. The van der Waals surface area contributed by atoms with Crippen LogP contribution in [0.5, 0.6) is 0 Å². The molecule has 3 aliphatic rings. The van der Waals surface area contributed by atoms with Gasteiger partial charge in [-0.1, -0.05) is 79.8 Å². The van der Waals surface area contributed by atoms with Crippen LogP contribution >= 0.6 is 0 Å². The second-order valence-electron chi connectivity index (χ2n) is 11.3. The molecule has 2 aromatic carbocycles. The number of pyridine rings is 3. The fraction of sp³-hybridized carbons (Fsp3) is 0.167. The van der Waals surface area contributed by atoms with Gasteiger partial charge in [-0.25, -0.2) is 4.98 Å². The molecule has 0 radical (unpaired) electrons. The van der Waals surface area contributed by atoms with Gasteiger partial charge in [-0.15, -0.1) is 0 Å². The molecule has 192 valence electrons. The lowest BCUT2D eigenvalue weighted by Crippen LogP contribution is -2.34. The Morgan fingerprint density at radius 3 is 2.52 bits per heavy atom. The quantitative estimate of drug-likeness (QED) is 0.222. The lowest BCUT2D eigenvalue weighted by molar-refractivity contribution is 0.401. The van der Waals surface area contributed by atoms with E-state index >= 15 is 0 Å². The Labute approximate surface area is 233 Å². The first-order valence-corrected chi connectivity index (χ1v) is 14.0. The van der Waals surface area contributed by atoms with Crippen LogP contribution < -0.4 is 0 Å². The molecular formula is C36H28N4. The van der Waals surface area contributed by atoms with Crippen LogP contribution in [0.2, 0.25) is 0 Å². The third-order valence-electron chi connectivity index (χ3n) is 8.98. The van der Waals surface area contributed by atoms with E-state index in [0.717, 1.165) is 50.0 Å². The van der Waals surface area contributed by atoms with Crippen molar-refractivity contribution in [2.24, 2.45) is 10.9 Å². The van der Waals surface area contributed by atoms with Crippen LogP contribution in [0.25, 0.3) is 45.2 Å². The molecule has 0 bridgehead atoms. The first kappa shape index (κ1) is 23.2. The molecular weight excluding hydrogens is 488 g/mol. The molecule has 4 heteroatoms. The highest BCUT2D eigenvalue weighted by atomic mass is 14.9. The molecule has 0 spiro atoms. The summed E-state index contributed by atoms with van der Waals surface area (Å²) in [5.41, 5.74) is 9.53.